The number of fused-ring (bicyclic) bond motifs is 4. The summed E-state index contributed by atoms with van der Waals surface area (Å²) in [5.41, 5.74) is 5.64. The quantitative estimate of drug-likeness (QED) is 0.309. The molecule has 0 aliphatic rings. The van der Waals surface area contributed by atoms with Crippen LogP contribution in [0.1, 0.15) is 57.8 Å². The molecule has 0 saturated carbocycles. The summed E-state index contributed by atoms with van der Waals surface area (Å²) in [4.78, 5) is 28.6. The van der Waals surface area contributed by atoms with Gasteiger partial charge in [-0.3, -0.25) is 13.9 Å². The smallest absolute Gasteiger partial charge is 0.265 e. The third-order valence-corrected chi connectivity index (χ3v) is 6.82. The molecule has 0 saturated heterocycles. The van der Waals surface area contributed by atoms with E-state index < -0.39 is 0 Å². The predicted octanol–water partition coefficient (Wildman–Crippen LogP) is 6.15. The van der Waals surface area contributed by atoms with Gasteiger partial charge >= 0.3 is 0 Å². The second-order valence-electron chi connectivity index (χ2n) is 9.62. The summed E-state index contributed by atoms with van der Waals surface area (Å²) in [6, 6.07) is 16.3. The molecule has 0 aliphatic carbocycles. The zero-order chi connectivity index (χ0) is 24.0. The van der Waals surface area contributed by atoms with Crippen molar-refractivity contribution < 1.29 is 0 Å². The van der Waals surface area contributed by atoms with E-state index in [2.05, 4.69) is 52.0 Å². The van der Waals surface area contributed by atoms with Gasteiger partial charge < -0.3 is 0 Å². The van der Waals surface area contributed by atoms with Crippen molar-refractivity contribution >= 4 is 33.2 Å². The van der Waals surface area contributed by atoms with Crippen LogP contribution in [-0.2, 0) is 6.54 Å². The number of rotatable bonds is 6. The van der Waals surface area contributed by atoms with Crippen LogP contribution in [0, 0.1) is 12.8 Å². The molecule has 0 bridgehead atoms. The molecule has 2 aromatic carbocycles. The van der Waals surface area contributed by atoms with E-state index in [-0.39, 0.29) is 5.56 Å². The number of hydrogen-bond acceptors (Lipinski definition) is 4. The Morgan fingerprint density at radius 2 is 1.56 bits per heavy atom. The molecule has 5 aromatic rings. The van der Waals surface area contributed by atoms with Crippen molar-refractivity contribution in [1.82, 2.24) is 24.1 Å². The molecule has 3 aromatic heterocycles. The first kappa shape index (κ1) is 22.3. The topological polar surface area (TPSA) is 65.6 Å². The average Bonchev–Trinajstić information content (AvgIpc) is 3.14. The maximum Gasteiger partial charge on any atom is 0.265 e. The lowest BCUT2D eigenvalue weighted by Gasteiger charge is -2.13. The van der Waals surface area contributed by atoms with Gasteiger partial charge in [0, 0.05) is 12.2 Å². The zero-order valence-electron chi connectivity index (χ0n) is 20.5. The van der Waals surface area contributed by atoms with Gasteiger partial charge in [0.05, 0.1) is 11.0 Å². The van der Waals surface area contributed by atoms with Crippen LogP contribution in [0.15, 0.2) is 53.3 Å². The van der Waals surface area contributed by atoms with Crippen LogP contribution in [0.25, 0.3) is 38.9 Å². The Labute approximate surface area is 199 Å². The lowest BCUT2D eigenvalue weighted by molar-refractivity contribution is 0.498. The molecule has 34 heavy (non-hydrogen) atoms. The monoisotopic (exact) mass is 453 g/mol. The summed E-state index contributed by atoms with van der Waals surface area (Å²) in [6.45, 7) is 11.3. The Morgan fingerprint density at radius 3 is 2.21 bits per heavy atom. The SMILES string of the molecule is CC[C@@H](C)c1ccc(-n2c3nc4ccccc4nc3c3c(=O)n(CCC(C)C)c(C)nc32)cc1. The van der Waals surface area contributed by atoms with Gasteiger partial charge in [-0.25, -0.2) is 15.0 Å². The maximum absolute atomic E-state index is 13.8. The standard InChI is InChI=1S/C28H31N5O/c1-6-18(4)20-11-13-21(14-12-20)33-26-24(28(34)32(19(5)29-26)16-15-17(2)3)25-27(33)31-23-10-8-7-9-22(23)30-25/h7-14,17-18H,6,15-16H2,1-5H3/t18-/m1/s1. The van der Waals surface area contributed by atoms with Gasteiger partial charge in [-0.15, -0.1) is 0 Å². The van der Waals surface area contributed by atoms with Gasteiger partial charge in [0.15, 0.2) is 11.3 Å². The Kier molecular flexibility index (Phi) is 5.68. The van der Waals surface area contributed by atoms with Crippen molar-refractivity contribution in [3.05, 3.63) is 70.3 Å². The molecule has 5 rings (SSSR count). The van der Waals surface area contributed by atoms with Gasteiger partial charge in [-0.05, 0) is 61.4 Å². The highest BCUT2D eigenvalue weighted by Gasteiger charge is 2.22. The van der Waals surface area contributed by atoms with E-state index >= 15 is 0 Å². The number of aromatic nitrogens is 5. The van der Waals surface area contributed by atoms with Crippen LogP contribution >= 0.6 is 0 Å². The van der Waals surface area contributed by atoms with Crippen LogP contribution in [0.4, 0.5) is 0 Å². The van der Waals surface area contributed by atoms with Crippen molar-refractivity contribution in [2.24, 2.45) is 5.92 Å². The highest BCUT2D eigenvalue weighted by atomic mass is 16.1. The minimum atomic E-state index is -0.0484. The minimum absolute atomic E-state index is 0.0484. The molecular weight excluding hydrogens is 422 g/mol. The molecule has 6 heteroatoms. The highest BCUT2D eigenvalue weighted by molar-refractivity contribution is 6.05. The maximum atomic E-state index is 13.8. The molecule has 0 N–H and O–H groups in total. The summed E-state index contributed by atoms with van der Waals surface area (Å²) in [6.07, 6.45) is 2.00. The van der Waals surface area contributed by atoms with Crippen LogP contribution in [-0.4, -0.2) is 24.1 Å². The molecule has 0 fully saturated rings. The highest BCUT2D eigenvalue weighted by Crippen LogP contribution is 2.29. The lowest BCUT2D eigenvalue weighted by atomic mass is 9.99. The van der Waals surface area contributed by atoms with E-state index in [0.29, 0.717) is 46.4 Å². The molecule has 0 amide bonds. The number of aryl methyl sites for hydroxylation is 1. The van der Waals surface area contributed by atoms with Crippen molar-refractivity contribution in [2.45, 2.75) is 59.9 Å². The Balaban J connectivity index is 1.84. The van der Waals surface area contributed by atoms with Crippen molar-refractivity contribution in [1.29, 1.82) is 0 Å². The van der Waals surface area contributed by atoms with Crippen LogP contribution in [0.5, 0.6) is 0 Å². The van der Waals surface area contributed by atoms with E-state index in [4.69, 9.17) is 15.0 Å². The third-order valence-electron chi connectivity index (χ3n) is 6.82. The van der Waals surface area contributed by atoms with Gasteiger partial charge in [-0.1, -0.05) is 52.0 Å². The Bertz CT molecular complexity index is 1560. The Morgan fingerprint density at radius 1 is 0.882 bits per heavy atom. The first-order valence-electron chi connectivity index (χ1n) is 12.2. The lowest BCUT2D eigenvalue weighted by Crippen LogP contribution is -2.24. The second-order valence-corrected chi connectivity index (χ2v) is 9.62. The minimum Gasteiger partial charge on any atom is -0.296 e. The Hall–Kier alpha value is -3.54. The zero-order valence-corrected chi connectivity index (χ0v) is 20.5. The number of nitrogens with zero attached hydrogens (tertiary/aromatic N) is 5. The molecule has 0 unspecified atom stereocenters. The number of para-hydroxylation sites is 2. The molecular formula is C28H31N5O. The van der Waals surface area contributed by atoms with Gasteiger partial charge in [0.25, 0.3) is 5.56 Å². The molecule has 0 aliphatic heterocycles. The summed E-state index contributed by atoms with van der Waals surface area (Å²) in [5, 5.41) is 0.536. The van der Waals surface area contributed by atoms with E-state index in [9.17, 15) is 4.79 Å². The number of hydrogen-bond donors (Lipinski definition) is 0. The summed E-state index contributed by atoms with van der Waals surface area (Å²) in [5.74, 6) is 1.70. The summed E-state index contributed by atoms with van der Waals surface area (Å²) in [7, 11) is 0. The predicted molar refractivity (Wildman–Crippen MR) is 139 cm³/mol. The van der Waals surface area contributed by atoms with Gasteiger partial charge in [0.2, 0.25) is 0 Å². The first-order valence-corrected chi connectivity index (χ1v) is 12.2. The molecule has 3 heterocycles. The van der Waals surface area contributed by atoms with E-state index in [1.165, 1.54) is 5.56 Å². The fourth-order valence-corrected chi connectivity index (χ4v) is 4.51. The van der Waals surface area contributed by atoms with Crippen LogP contribution < -0.4 is 5.56 Å². The van der Waals surface area contributed by atoms with Crippen molar-refractivity contribution in [3.8, 4) is 5.69 Å². The molecule has 174 valence electrons. The van der Waals surface area contributed by atoms with Crippen LogP contribution in [0.2, 0.25) is 0 Å². The van der Waals surface area contributed by atoms with Crippen molar-refractivity contribution in [2.75, 3.05) is 0 Å². The van der Waals surface area contributed by atoms with E-state index in [1.807, 2.05) is 35.8 Å². The second kappa shape index (κ2) is 8.67. The fourth-order valence-electron chi connectivity index (χ4n) is 4.51. The first-order chi connectivity index (χ1) is 16.4. The average molecular weight is 454 g/mol. The van der Waals surface area contributed by atoms with Crippen molar-refractivity contribution in [3.63, 3.8) is 0 Å². The summed E-state index contributed by atoms with van der Waals surface area (Å²) >= 11 is 0. The normalized spacial score (nSPS) is 12.9. The van der Waals surface area contributed by atoms with Crippen LogP contribution in [0.3, 0.4) is 0 Å². The third kappa shape index (κ3) is 3.67. The molecule has 0 spiro atoms. The molecule has 0 radical (unpaired) electrons. The fraction of sp³-hybridized carbons (Fsp3) is 0.357. The van der Waals surface area contributed by atoms with E-state index in [0.717, 1.165) is 29.6 Å². The van der Waals surface area contributed by atoms with E-state index in [1.54, 1.807) is 4.57 Å². The molecule has 6 nitrogen and oxygen atoms in total. The number of benzene rings is 2. The van der Waals surface area contributed by atoms with Gasteiger partial charge in [0.1, 0.15) is 16.7 Å². The summed E-state index contributed by atoms with van der Waals surface area (Å²) < 4.78 is 3.78. The molecule has 1 atom stereocenters. The largest absolute Gasteiger partial charge is 0.296 e. The van der Waals surface area contributed by atoms with Gasteiger partial charge in [-0.2, -0.15) is 0 Å².